The third-order valence-electron chi connectivity index (χ3n) is 3.97. The zero-order valence-electron chi connectivity index (χ0n) is 13.2. The molecule has 0 saturated heterocycles. The molecule has 0 N–H and O–H groups in total. The second-order valence-corrected chi connectivity index (χ2v) is 7.21. The third-order valence-corrected chi connectivity index (χ3v) is 5.35. The van der Waals surface area contributed by atoms with Gasteiger partial charge >= 0.3 is 0 Å². The first-order chi connectivity index (χ1) is 11.6. The van der Waals surface area contributed by atoms with E-state index in [4.69, 9.17) is 11.6 Å². The number of anilines is 1. The van der Waals surface area contributed by atoms with E-state index in [1.165, 1.54) is 11.3 Å². The summed E-state index contributed by atoms with van der Waals surface area (Å²) in [5.41, 5.74) is 2.52. The van der Waals surface area contributed by atoms with E-state index in [1.54, 1.807) is 23.0 Å². The predicted octanol–water partition coefficient (Wildman–Crippen LogP) is 4.32. The number of rotatable bonds is 2. The highest BCUT2D eigenvalue weighted by molar-refractivity contribution is 7.25. The Bertz CT molecular complexity index is 1110. The van der Waals surface area contributed by atoms with Crippen molar-refractivity contribution < 1.29 is 0 Å². The van der Waals surface area contributed by atoms with Crippen molar-refractivity contribution in [2.45, 2.75) is 0 Å². The van der Waals surface area contributed by atoms with Crippen molar-refractivity contribution in [1.29, 1.82) is 0 Å². The smallest absolute Gasteiger partial charge is 0.275 e. The highest BCUT2D eigenvalue weighted by Crippen LogP contribution is 2.36. The molecule has 6 heteroatoms. The SMILES string of the molecule is CN(C)c1cccc2sc3c(=O)n(-c4ccc(Cl)cc4)cnc3c12. The lowest BCUT2D eigenvalue weighted by Gasteiger charge is -2.13. The molecule has 4 rings (SSSR count). The molecule has 24 heavy (non-hydrogen) atoms. The Morgan fingerprint density at radius 1 is 1.12 bits per heavy atom. The van der Waals surface area contributed by atoms with Gasteiger partial charge in [0, 0.05) is 34.9 Å². The molecule has 0 aliphatic heterocycles. The van der Waals surface area contributed by atoms with E-state index >= 15 is 0 Å². The van der Waals surface area contributed by atoms with Crippen molar-refractivity contribution in [3.63, 3.8) is 0 Å². The van der Waals surface area contributed by atoms with Crippen molar-refractivity contribution in [3.05, 3.63) is 64.2 Å². The van der Waals surface area contributed by atoms with Crippen molar-refractivity contribution in [2.24, 2.45) is 0 Å². The van der Waals surface area contributed by atoms with Crippen molar-refractivity contribution in [2.75, 3.05) is 19.0 Å². The summed E-state index contributed by atoms with van der Waals surface area (Å²) in [4.78, 5) is 19.6. The van der Waals surface area contributed by atoms with Crippen LogP contribution in [0, 0.1) is 0 Å². The molecule has 2 heterocycles. The van der Waals surface area contributed by atoms with Crippen LogP contribution < -0.4 is 10.5 Å². The highest BCUT2D eigenvalue weighted by atomic mass is 35.5. The fourth-order valence-corrected chi connectivity index (χ4v) is 4.05. The molecule has 0 unspecified atom stereocenters. The van der Waals surface area contributed by atoms with E-state index in [0.29, 0.717) is 9.72 Å². The minimum absolute atomic E-state index is 0.0618. The van der Waals surface area contributed by atoms with Gasteiger partial charge in [-0.15, -0.1) is 11.3 Å². The van der Waals surface area contributed by atoms with Crippen LogP contribution in [0.25, 0.3) is 26.0 Å². The number of fused-ring (bicyclic) bond motifs is 3. The van der Waals surface area contributed by atoms with Crippen LogP contribution in [0.5, 0.6) is 0 Å². The quantitative estimate of drug-likeness (QED) is 0.537. The zero-order valence-corrected chi connectivity index (χ0v) is 14.7. The largest absolute Gasteiger partial charge is 0.377 e. The topological polar surface area (TPSA) is 38.1 Å². The fraction of sp³-hybridized carbons (Fsp3) is 0.111. The Balaban J connectivity index is 2.04. The Kier molecular flexibility index (Phi) is 3.55. The van der Waals surface area contributed by atoms with Crippen LogP contribution in [0.1, 0.15) is 0 Å². The summed E-state index contributed by atoms with van der Waals surface area (Å²) in [5.74, 6) is 0. The number of aromatic nitrogens is 2. The molecule has 2 aromatic carbocycles. The van der Waals surface area contributed by atoms with Gasteiger partial charge in [-0.3, -0.25) is 9.36 Å². The molecular formula is C18H14ClN3OS. The maximum Gasteiger partial charge on any atom is 0.275 e. The molecule has 4 nitrogen and oxygen atoms in total. The summed E-state index contributed by atoms with van der Waals surface area (Å²) >= 11 is 7.41. The Hall–Kier alpha value is -2.37. The van der Waals surface area contributed by atoms with Crippen LogP contribution in [0.2, 0.25) is 5.02 Å². The summed E-state index contributed by atoms with van der Waals surface area (Å²) in [6.07, 6.45) is 1.59. The molecule has 0 aliphatic rings. The minimum Gasteiger partial charge on any atom is -0.377 e. The van der Waals surface area contributed by atoms with Gasteiger partial charge in [0.05, 0.1) is 11.2 Å². The van der Waals surface area contributed by atoms with E-state index in [-0.39, 0.29) is 5.56 Å². The van der Waals surface area contributed by atoms with Gasteiger partial charge in [-0.05, 0) is 36.4 Å². The lowest BCUT2D eigenvalue weighted by Crippen LogP contribution is -2.17. The fourth-order valence-electron chi connectivity index (χ4n) is 2.82. The summed E-state index contributed by atoms with van der Waals surface area (Å²) < 4.78 is 3.29. The molecule has 120 valence electrons. The predicted molar refractivity (Wildman–Crippen MR) is 102 cm³/mol. The number of hydrogen-bond acceptors (Lipinski definition) is 4. The van der Waals surface area contributed by atoms with E-state index in [9.17, 15) is 4.79 Å². The van der Waals surface area contributed by atoms with Gasteiger partial charge in [0.15, 0.2) is 0 Å². The zero-order chi connectivity index (χ0) is 16.8. The summed E-state index contributed by atoms with van der Waals surface area (Å²) in [5, 5.41) is 1.67. The first-order valence-electron chi connectivity index (χ1n) is 7.42. The van der Waals surface area contributed by atoms with Crippen LogP contribution in [0.15, 0.2) is 53.6 Å². The average Bonchev–Trinajstić information content (AvgIpc) is 2.96. The third kappa shape index (κ3) is 2.28. The lowest BCUT2D eigenvalue weighted by atomic mass is 10.2. The molecule has 0 spiro atoms. The second kappa shape index (κ2) is 5.61. The number of halogens is 1. The molecule has 2 aromatic heterocycles. The standard InChI is InChI=1S/C18H14ClN3OS/c1-21(2)13-4-3-5-14-15(13)16-17(24-14)18(23)22(10-20-16)12-8-6-11(19)7-9-12/h3-10H,1-2H3. The number of benzene rings is 2. The first kappa shape index (κ1) is 15.2. The van der Waals surface area contributed by atoms with Gasteiger partial charge in [-0.25, -0.2) is 4.98 Å². The number of nitrogens with zero attached hydrogens (tertiary/aromatic N) is 3. The van der Waals surface area contributed by atoms with E-state index in [0.717, 1.165) is 27.0 Å². The number of thiophene rings is 1. The Morgan fingerprint density at radius 3 is 2.58 bits per heavy atom. The Morgan fingerprint density at radius 2 is 1.88 bits per heavy atom. The average molecular weight is 356 g/mol. The van der Waals surface area contributed by atoms with Crippen molar-refractivity contribution in [1.82, 2.24) is 9.55 Å². The van der Waals surface area contributed by atoms with Crippen LogP contribution >= 0.6 is 22.9 Å². The summed E-state index contributed by atoms with van der Waals surface area (Å²) in [6.45, 7) is 0. The van der Waals surface area contributed by atoms with Crippen LogP contribution in [0.4, 0.5) is 5.69 Å². The molecule has 0 aliphatic carbocycles. The highest BCUT2D eigenvalue weighted by Gasteiger charge is 2.15. The summed E-state index contributed by atoms with van der Waals surface area (Å²) in [6, 6.07) is 13.2. The van der Waals surface area contributed by atoms with Gasteiger partial charge in [0.2, 0.25) is 0 Å². The van der Waals surface area contributed by atoms with Gasteiger partial charge in [0.25, 0.3) is 5.56 Å². The second-order valence-electron chi connectivity index (χ2n) is 5.72. The first-order valence-corrected chi connectivity index (χ1v) is 8.62. The van der Waals surface area contributed by atoms with Crippen molar-refractivity contribution >= 4 is 48.9 Å². The van der Waals surface area contributed by atoms with Crippen LogP contribution in [-0.2, 0) is 0 Å². The maximum absolute atomic E-state index is 13.0. The maximum atomic E-state index is 13.0. The molecule has 0 radical (unpaired) electrons. The van der Waals surface area contributed by atoms with Crippen LogP contribution in [0.3, 0.4) is 0 Å². The molecule has 0 saturated carbocycles. The van der Waals surface area contributed by atoms with Gasteiger partial charge < -0.3 is 4.90 Å². The molecule has 0 atom stereocenters. The van der Waals surface area contributed by atoms with E-state index in [1.807, 2.05) is 49.3 Å². The number of hydrogen-bond donors (Lipinski definition) is 0. The van der Waals surface area contributed by atoms with E-state index < -0.39 is 0 Å². The molecular weight excluding hydrogens is 342 g/mol. The normalized spacial score (nSPS) is 11.3. The molecule has 4 aromatic rings. The Labute approximate surface area is 147 Å². The minimum atomic E-state index is -0.0618. The van der Waals surface area contributed by atoms with Gasteiger partial charge in [-0.1, -0.05) is 17.7 Å². The molecule has 0 bridgehead atoms. The van der Waals surface area contributed by atoms with Gasteiger partial charge in [0.1, 0.15) is 11.0 Å². The summed E-state index contributed by atoms with van der Waals surface area (Å²) in [7, 11) is 3.99. The molecule has 0 amide bonds. The van der Waals surface area contributed by atoms with E-state index in [2.05, 4.69) is 4.98 Å². The molecule has 0 fully saturated rings. The monoisotopic (exact) mass is 355 g/mol. The lowest BCUT2D eigenvalue weighted by molar-refractivity contribution is 0.967. The van der Waals surface area contributed by atoms with Crippen molar-refractivity contribution in [3.8, 4) is 5.69 Å². The van der Waals surface area contributed by atoms with Crippen LogP contribution in [-0.4, -0.2) is 23.6 Å². The van der Waals surface area contributed by atoms with Gasteiger partial charge in [-0.2, -0.15) is 0 Å².